The molecule has 0 radical (unpaired) electrons. The van der Waals surface area contributed by atoms with Gasteiger partial charge in [0.1, 0.15) is 5.82 Å². The van der Waals surface area contributed by atoms with Gasteiger partial charge in [-0.05, 0) is 38.1 Å². The topological polar surface area (TPSA) is 39.7 Å². The predicted octanol–water partition coefficient (Wildman–Crippen LogP) is 2.27. The first-order chi connectivity index (χ1) is 10.7. The molecule has 4 nitrogen and oxygen atoms in total. The molecule has 0 fully saturated rings. The summed E-state index contributed by atoms with van der Waals surface area (Å²) in [6, 6.07) is 6.90. The zero-order chi connectivity index (χ0) is 16.2. The lowest BCUT2D eigenvalue weighted by molar-refractivity contribution is 0.313. The lowest BCUT2D eigenvalue weighted by Gasteiger charge is -2.17. The molecule has 0 spiro atoms. The maximum atomic E-state index is 13.6. The molecule has 0 bridgehead atoms. The van der Waals surface area contributed by atoms with Crippen molar-refractivity contribution in [3.63, 3.8) is 0 Å². The largest absolute Gasteiger partial charge is 0.357 e. The minimum Gasteiger partial charge on any atom is -0.357 e. The Morgan fingerprint density at radius 2 is 1.86 bits per heavy atom. The number of nitrogens with one attached hydrogen (secondary N) is 2. The summed E-state index contributed by atoms with van der Waals surface area (Å²) in [5.41, 5.74) is 0.731. The summed E-state index contributed by atoms with van der Waals surface area (Å²) >= 11 is 0. The second-order valence-electron chi connectivity index (χ2n) is 5.06. The molecule has 2 N–H and O–H groups in total. The molecule has 0 unspecified atom stereocenters. The van der Waals surface area contributed by atoms with E-state index in [9.17, 15) is 4.39 Å². The van der Waals surface area contributed by atoms with E-state index in [0.717, 1.165) is 44.2 Å². The highest BCUT2D eigenvalue weighted by molar-refractivity contribution is 5.79. The van der Waals surface area contributed by atoms with E-state index in [-0.39, 0.29) is 5.82 Å². The molecule has 0 aliphatic rings. The SMILES string of the molecule is CCNC(=NCCN(CC)CC)NCCc1ccccc1F. The molecule has 0 heterocycles. The van der Waals surface area contributed by atoms with Gasteiger partial charge in [-0.25, -0.2) is 4.39 Å². The van der Waals surface area contributed by atoms with Crippen LogP contribution in [0.3, 0.4) is 0 Å². The van der Waals surface area contributed by atoms with Crippen LogP contribution in [0.15, 0.2) is 29.3 Å². The monoisotopic (exact) mass is 308 g/mol. The van der Waals surface area contributed by atoms with Crippen LogP contribution in [0, 0.1) is 5.82 Å². The summed E-state index contributed by atoms with van der Waals surface area (Å²) < 4.78 is 13.6. The van der Waals surface area contributed by atoms with Crippen molar-refractivity contribution in [2.45, 2.75) is 27.2 Å². The van der Waals surface area contributed by atoms with Crippen LogP contribution in [0.4, 0.5) is 4.39 Å². The second kappa shape index (κ2) is 11.0. The number of nitrogens with zero attached hydrogens (tertiary/aromatic N) is 2. The Balaban J connectivity index is 2.41. The van der Waals surface area contributed by atoms with Crippen LogP contribution in [-0.2, 0) is 6.42 Å². The van der Waals surface area contributed by atoms with Crippen molar-refractivity contribution in [3.05, 3.63) is 35.6 Å². The molecule has 5 heteroatoms. The van der Waals surface area contributed by atoms with Gasteiger partial charge in [0.15, 0.2) is 5.96 Å². The van der Waals surface area contributed by atoms with Crippen molar-refractivity contribution in [3.8, 4) is 0 Å². The smallest absolute Gasteiger partial charge is 0.191 e. The lowest BCUT2D eigenvalue weighted by Crippen LogP contribution is -2.39. The van der Waals surface area contributed by atoms with Gasteiger partial charge >= 0.3 is 0 Å². The van der Waals surface area contributed by atoms with Crippen molar-refractivity contribution in [1.82, 2.24) is 15.5 Å². The lowest BCUT2D eigenvalue weighted by atomic mass is 10.1. The average Bonchev–Trinajstić information content (AvgIpc) is 2.53. The van der Waals surface area contributed by atoms with Gasteiger partial charge in [-0.3, -0.25) is 4.99 Å². The van der Waals surface area contributed by atoms with Crippen molar-refractivity contribution >= 4 is 5.96 Å². The summed E-state index contributed by atoms with van der Waals surface area (Å²) in [5.74, 6) is 0.652. The van der Waals surface area contributed by atoms with Crippen molar-refractivity contribution in [1.29, 1.82) is 0 Å². The van der Waals surface area contributed by atoms with Crippen molar-refractivity contribution < 1.29 is 4.39 Å². The number of benzene rings is 1. The third-order valence-electron chi connectivity index (χ3n) is 3.57. The molecular formula is C17H29FN4. The molecule has 1 rings (SSSR count). The Morgan fingerprint density at radius 3 is 2.50 bits per heavy atom. The zero-order valence-corrected chi connectivity index (χ0v) is 14.0. The number of likely N-dealkylation sites (N-methyl/N-ethyl adjacent to an activating group) is 1. The van der Waals surface area contributed by atoms with Gasteiger partial charge < -0.3 is 15.5 Å². The Labute approximate surface area is 133 Å². The first-order valence-electron chi connectivity index (χ1n) is 8.19. The standard InChI is InChI=1S/C17H29FN4/c1-4-19-17(21-13-14-22(5-2)6-3)20-12-11-15-9-7-8-10-16(15)18/h7-10H,4-6,11-14H2,1-3H3,(H2,19,20,21). The van der Waals surface area contributed by atoms with Crippen LogP contribution in [0.2, 0.25) is 0 Å². The van der Waals surface area contributed by atoms with Crippen LogP contribution < -0.4 is 10.6 Å². The number of aliphatic imine (C=N–C) groups is 1. The molecule has 0 aromatic heterocycles. The Kier molecular flexibility index (Phi) is 9.23. The highest BCUT2D eigenvalue weighted by Gasteiger charge is 2.02. The molecule has 0 saturated heterocycles. The minimum atomic E-state index is -0.146. The Hall–Kier alpha value is -1.62. The van der Waals surface area contributed by atoms with Crippen LogP contribution >= 0.6 is 0 Å². The van der Waals surface area contributed by atoms with E-state index in [1.54, 1.807) is 6.07 Å². The number of hydrogen-bond donors (Lipinski definition) is 2. The molecule has 0 aliphatic heterocycles. The average molecular weight is 308 g/mol. The Bertz CT molecular complexity index is 444. The first-order valence-corrected chi connectivity index (χ1v) is 8.19. The van der Waals surface area contributed by atoms with Gasteiger partial charge in [0.05, 0.1) is 6.54 Å². The van der Waals surface area contributed by atoms with E-state index in [0.29, 0.717) is 13.0 Å². The van der Waals surface area contributed by atoms with Gasteiger partial charge in [0.2, 0.25) is 0 Å². The zero-order valence-electron chi connectivity index (χ0n) is 14.0. The number of rotatable bonds is 9. The third kappa shape index (κ3) is 6.89. The molecule has 22 heavy (non-hydrogen) atoms. The fourth-order valence-electron chi connectivity index (χ4n) is 2.20. The highest BCUT2D eigenvalue weighted by atomic mass is 19.1. The number of hydrogen-bond acceptors (Lipinski definition) is 2. The van der Waals surface area contributed by atoms with Crippen LogP contribution in [-0.4, -0.2) is 50.1 Å². The molecule has 0 amide bonds. The van der Waals surface area contributed by atoms with Crippen molar-refractivity contribution in [2.75, 3.05) is 39.3 Å². The summed E-state index contributed by atoms with van der Waals surface area (Å²) in [4.78, 5) is 6.90. The normalized spacial score (nSPS) is 11.8. The second-order valence-corrected chi connectivity index (χ2v) is 5.06. The van der Waals surface area contributed by atoms with Gasteiger partial charge in [-0.1, -0.05) is 32.0 Å². The van der Waals surface area contributed by atoms with Crippen LogP contribution in [0.25, 0.3) is 0 Å². The van der Waals surface area contributed by atoms with Crippen LogP contribution in [0.1, 0.15) is 26.3 Å². The molecule has 0 atom stereocenters. The molecule has 1 aromatic rings. The molecule has 0 saturated carbocycles. The van der Waals surface area contributed by atoms with Gasteiger partial charge in [-0.15, -0.1) is 0 Å². The maximum Gasteiger partial charge on any atom is 0.191 e. The van der Waals surface area contributed by atoms with E-state index in [1.807, 2.05) is 19.1 Å². The molecular weight excluding hydrogens is 279 g/mol. The van der Waals surface area contributed by atoms with Crippen molar-refractivity contribution in [2.24, 2.45) is 4.99 Å². The number of halogens is 1. The van der Waals surface area contributed by atoms with E-state index in [2.05, 4.69) is 34.4 Å². The van der Waals surface area contributed by atoms with Crippen LogP contribution in [0.5, 0.6) is 0 Å². The van der Waals surface area contributed by atoms with Gasteiger partial charge in [0.25, 0.3) is 0 Å². The van der Waals surface area contributed by atoms with Gasteiger partial charge in [-0.2, -0.15) is 0 Å². The molecule has 0 aliphatic carbocycles. The summed E-state index contributed by atoms with van der Waals surface area (Å²) in [6.07, 6.45) is 0.646. The quantitative estimate of drug-likeness (QED) is 0.543. The summed E-state index contributed by atoms with van der Waals surface area (Å²) in [6.45, 7) is 11.6. The molecule has 124 valence electrons. The predicted molar refractivity (Wildman–Crippen MR) is 91.9 cm³/mol. The van der Waals surface area contributed by atoms with E-state index in [4.69, 9.17) is 0 Å². The van der Waals surface area contributed by atoms with Gasteiger partial charge in [0, 0.05) is 19.6 Å². The van der Waals surface area contributed by atoms with E-state index >= 15 is 0 Å². The van der Waals surface area contributed by atoms with E-state index in [1.165, 1.54) is 6.07 Å². The summed E-state index contributed by atoms with van der Waals surface area (Å²) in [7, 11) is 0. The highest BCUT2D eigenvalue weighted by Crippen LogP contribution is 2.05. The number of guanidine groups is 1. The first kappa shape index (κ1) is 18.4. The Morgan fingerprint density at radius 1 is 1.14 bits per heavy atom. The minimum absolute atomic E-state index is 0.146. The fourth-order valence-corrected chi connectivity index (χ4v) is 2.20. The fraction of sp³-hybridized carbons (Fsp3) is 0.588. The maximum absolute atomic E-state index is 13.6. The summed E-state index contributed by atoms with van der Waals surface area (Å²) in [5, 5.41) is 6.48. The van der Waals surface area contributed by atoms with E-state index < -0.39 is 0 Å². The molecule has 1 aromatic carbocycles. The third-order valence-corrected chi connectivity index (χ3v) is 3.57.